The fourth-order valence-corrected chi connectivity index (χ4v) is 5.79. The number of nitrogens with one attached hydrogen (secondary N) is 1. The summed E-state index contributed by atoms with van der Waals surface area (Å²) in [7, 11) is 0. The number of benzene rings is 1. The number of carbonyl (C=O) groups is 3. The molecule has 1 aliphatic rings. The van der Waals surface area contributed by atoms with Crippen LogP contribution in [0.25, 0.3) is 21.0 Å². The minimum absolute atomic E-state index is 0.191. The van der Waals surface area contributed by atoms with Crippen molar-refractivity contribution in [2.45, 2.75) is 37.9 Å². The van der Waals surface area contributed by atoms with Gasteiger partial charge in [0.2, 0.25) is 18.2 Å². The van der Waals surface area contributed by atoms with Crippen LogP contribution >= 0.6 is 11.3 Å². The molecule has 3 aromatic heterocycles. The molecular weight excluding hydrogens is 464 g/mol. The molecule has 0 aliphatic carbocycles. The number of nitrogen functional groups attached to an aromatic ring is 1. The Kier molecular flexibility index (Phi) is 6.23. The van der Waals surface area contributed by atoms with Crippen molar-refractivity contribution >= 4 is 56.4 Å². The Morgan fingerprint density at radius 1 is 1.26 bits per heavy atom. The highest BCUT2D eigenvalue weighted by molar-refractivity contribution is 7.19. The number of thiophene rings is 1. The maximum atomic E-state index is 13.2. The van der Waals surface area contributed by atoms with E-state index in [0.29, 0.717) is 25.3 Å². The monoisotopic (exact) mass is 490 g/mol. The van der Waals surface area contributed by atoms with E-state index in [9.17, 15) is 14.4 Å². The molecule has 9 nitrogen and oxygen atoms in total. The fraction of sp³-hybridized carbons (Fsp3) is 0.280. The number of anilines is 1. The number of hydrogen-bond acceptors (Lipinski definition) is 7. The summed E-state index contributed by atoms with van der Waals surface area (Å²) < 4.78 is 2.51. The molecule has 10 heteroatoms. The van der Waals surface area contributed by atoms with E-state index in [2.05, 4.69) is 10.3 Å². The lowest BCUT2D eigenvalue weighted by atomic mass is 10.0. The van der Waals surface area contributed by atoms with Crippen LogP contribution < -0.4 is 16.8 Å². The number of para-hydroxylation sites is 1. The summed E-state index contributed by atoms with van der Waals surface area (Å²) in [6.45, 7) is 0.846. The van der Waals surface area contributed by atoms with E-state index in [4.69, 9.17) is 11.5 Å². The van der Waals surface area contributed by atoms with Gasteiger partial charge < -0.3 is 21.7 Å². The molecule has 35 heavy (non-hydrogen) atoms. The van der Waals surface area contributed by atoms with E-state index in [1.165, 1.54) is 4.57 Å². The van der Waals surface area contributed by atoms with E-state index in [1.807, 2.05) is 36.4 Å². The van der Waals surface area contributed by atoms with Crippen molar-refractivity contribution in [1.82, 2.24) is 19.8 Å². The van der Waals surface area contributed by atoms with Crippen LogP contribution in [0.2, 0.25) is 0 Å². The lowest BCUT2D eigenvalue weighted by Crippen LogP contribution is -2.51. The first-order valence-corrected chi connectivity index (χ1v) is 12.3. The van der Waals surface area contributed by atoms with Gasteiger partial charge in [0.05, 0.1) is 18.1 Å². The van der Waals surface area contributed by atoms with Crippen LogP contribution in [0.1, 0.15) is 23.3 Å². The van der Waals surface area contributed by atoms with E-state index >= 15 is 0 Å². The minimum atomic E-state index is -0.813. The Bertz CT molecular complexity index is 1430. The van der Waals surface area contributed by atoms with Crippen molar-refractivity contribution in [2.24, 2.45) is 5.73 Å². The number of rotatable bonds is 7. The smallest absolute Gasteiger partial charge is 0.243 e. The molecule has 0 radical (unpaired) electrons. The summed E-state index contributed by atoms with van der Waals surface area (Å²) in [6, 6.07) is 9.97. The highest BCUT2D eigenvalue weighted by Gasteiger charge is 2.36. The Morgan fingerprint density at radius 2 is 2.09 bits per heavy atom. The van der Waals surface area contributed by atoms with E-state index in [1.54, 1.807) is 28.6 Å². The highest BCUT2D eigenvalue weighted by atomic mass is 32.1. The number of hydrogen-bond donors (Lipinski definition) is 3. The Morgan fingerprint density at radius 3 is 2.89 bits per heavy atom. The average molecular weight is 491 g/mol. The SMILES string of the molecule is Nc1nccc2sc(CNC(=O)[C@@H]3CCCN3C(=O)[C@H](N)Cc3cn(C=O)c4ccccc34)cc12. The maximum absolute atomic E-state index is 13.2. The lowest BCUT2D eigenvalue weighted by Gasteiger charge is -2.26. The van der Waals surface area contributed by atoms with Gasteiger partial charge in [-0.15, -0.1) is 11.3 Å². The van der Waals surface area contributed by atoms with Crippen LogP contribution in [0.3, 0.4) is 0 Å². The molecule has 4 aromatic rings. The second-order valence-electron chi connectivity index (χ2n) is 8.72. The van der Waals surface area contributed by atoms with Gasteiger partial charge in [0.25, 0.3) is 0 Å². The van der Waals surface area contributed by atoms with Crippen LogP contribution in [-0.4, -0.2) is 51.3 Å². The minimum Gasteiger partial charge on any atom is -0.383 e. The molecule has 2 atom stereocenters. The molecule has 0 bridgehead atoms. The van der Waals surface area contributed by atoms with E-state index < -0.39 is 12.1 Å². The summed E-state index contributed by atoms with van der Waals surface area (Å²) in [5.41, 5.74) is 13.9. The first kappa shape index (κ1) is 23.0. The van der Waals surface area contributed by atoms with Crippen LogP contribution in [0, 0.1) is 0 Å². The molecule has 1 aliphatic heterocycles. The van der Waals surface area contributed by atoms with Gasteiger partial charge in [-0.3, -0.25) is 19.0 Å². The molecule has 1 aromatic carbocycles. The normalized spacial score (nSPS) is 16.6. The van der Waals surface area contributed by atoms with E-state index in [0.717, 1.165) is 44.3 Å². The zero-order chi connectivity index (χ0) is 24.5. The number of pyridine rings is 1. The third-order valence-electron chi connectivity index (χ3n) is 6.50. The summed E-state index contributed by atoms with van der Waals surface area (Å²) in [5.74, 6) is 0.0181. The number of nitrogens with two attached hydrogens (primary N) is 2. The lowest BCUT2D eigenvalue weighted by molar-refractivity contribution is -0.139. The summed E-state index contributed by atoms with van der Waals surface area (Å²) in [5, 5.41) is 4.73. The molecule has 0 spiro atoms. The topological polar surface area (TPSA) is 136 Å². The number of likely N-dealkylation sites (tertiary alicyclic amines) is 1. The zero-order valence-corrected chi connectivity index (χ0v) is 19.8. The summed E-state index contributed by atoms with van der Waals surface area (Å²) in [4.78, 5) is 44.3. The Hall–Kier alpha value is -3.76. The molecule has 2 amide bonds. The van der Waals surface area contributed by atoms with Gasteiger partial charge in [0, 0.05) is 39.3 Å². The van der Waals surface area contributed by atoms with Crippen LogP contribution in [0.4, 0.5) is 5.82 Å². The number of aromatic nitrogens is 2. The number of carbonyl (C=O) groups excluding carboxylic acids is 3. The van der Waals surface area contributed by atoms with Gasteiger partial charge in [-0.2, -0.15) is 0 Å². The first-order chi connectivity index (χ1) is 17.0. The second-order valence-corrected chi connectivity index (χ2v) is 9.89. The summed E-state index contributed by atoms with van der Waals surface area (Å²) in [6.07, 6.45) is 5.73. The third-order valence-corrected chi connectivity index (χ3v) is 7.60. The fourth-order valence-electron chi connectivity index (χ4n) is 4.78. The third kappa shape index (κ3) is 4.38. The van der Waals surface area contributed by atoms with Crippen molar-refractivity contribution in [1.29, 1.82) is 0 Å². The highest BCUT2D eigenvalue weighted by Crippen LogP contribution is 2.28. The van der Waals surface area contributed by atoms with Crippen LogP contribution in [-0.2, 0) is 27.3 Å². The van der Waals surface area contributed by atoms with Gasteiger partial charge in [-0.25, -0.2) is 4.98 Å². The average Bonchev–Trinajstić information content (AvgIpc) is 3.60. The molecule has 5 N–H and O–H groups in total. The standard InChI is InChI=1S/C25H26N6O3S/c26-19(10-15-13-30(14-32)20-5-2-1-4-17(15)20)25(34)31-9-3-6-21(31)24(33)29-12-16-11-18-22(35-16)7-8-28-23(18)27/h1-2,4-5,7-8,11,13-14,19,21H,3,6,9-10,12,26H2,(H2,27,28)(H,29,33)/t19-,21+/m1/s1. The molecule has 0 unspecified atom stereocenters. The van der Waals surface area contributed by atoms with Crippen molar-refractivity contribution in [3.63, 3.8) is 0 Å². The molecule has 0 saturated carbocycles. The van der Waals surface area contributed by atoms with Gasteiger partial charge in [0.15, 0.2) is 0 Å². The van der Waals surface area contributed by atoms with Gasteiger partial charge in [-0.1, -0.05) is 18.2 Å². The number of fused-ring (bicyclic) bond motifs is 2. The molecule has 4 heterocycles. The molecular formula is C25H26N6O3S. The predicted molar refractivity (Wildman–Crippen MR) is 136 cm³/mol. The van der Waals surface area contributed by atoms with Gasteiger partial charge in [0.1, 0.15) is 11.9 Å². The van der Waals surface area contributed by atoms with Crippen molar-refractivity contribution in [3.8, 4) is 0 Å². The molecule has 5 rings (SSSR count). The predicted octanol–water partition coefficient (Wildman–Crippen LogP) is 2.05. The van der Waals surface area contributed by atoms with Gasteiger partial charge in [-0.05, 0) is 43.0 Å². The van der Waals surface area contributed by atoms with Crippen molar-refractivity contribution in [3.05, 3.63) is 59.2 Å². The first-order valence-electron chi connectivity index (χ1n) is 11.5. The second kappa shape index (κ2) is 9.47. The molecule has 1 fully saturated rings. The van der Waals surface area contributed by atoms with Crippen LogP contribution in [0.15, 0.2) is 48.8 Å². The van der Waals surface area contributed by atoms with Gasteiger partial charge >= 0.3 is 0 Å². The number of nitrogens with zero attached hydrogens (tertiary/aromatic N) is 3. The Balaban J connectivity index is 1.25. The van der Waals surface area contributed by atoms with Crippen LogP contribution in [0.5, 0.6) is 0 Å². The maximum Gasteiger partial charge on any atom is 0.243 e. The zero-order valence-electron chi connectivity index (χ0n) is 19.0. The number of amides is 2. The molecule has 180 valence electrons. The Labute approximate surface area is 205 Å². The quantitative estimate of drug-likeness (QED) is 0.339. The molecule has 1 saturated heterocycles. The van der Waals surface area contributed by atoms with Crippen molar-refractivity contribution in [2.75, 3.05) is 12.3 Å². The van der Waals surface area contributed by atoms with E-state index in [-0.39, 0.29) is 18.2 Å². The summed E-state index contributed by atoms with van der Waals surface area (Å²) >= 11 is 1.55. The largest absolute Gasteiger partial charge is 0.383 e. The van der Waals surface area contributed by atoms with Crippen molar-refractivity contribution < 1.29 is 14.4 Å².